The Labute approximate surface area is 108 Å². The standard InChI is InChI=1S/C15H22N2O/c1-15(2)13(8-14(15)18)17-12-6-3-9-7-10(16)4-5-11(9)12/h4-5,7,12-14,17-18H,3,6,8,16H2,1-2H3. The molecular formula is C15H22N2O. The zero-order valence-corrected chi connectivity index (χ0v) is 11.1. The molecule has 3 nitrogen and oxygen atoms in total. The zero-order chi connectivity index (χ0) is 12.9. The number of benzene rings is 1. The van der Waals surface area contributed by atoms with E-state index in [-0.39, 0.29) is 11.5 Å². The molecule has 3 atom stereocenters. The lowest BCUT2D eigenvalue weighted by Gasteiger charge is -2.50. The first-order valence-corrected chi connectivity index (χ1v) is 6.81. The van der Waals surface area contributed by atoms with Crippen LogP contribution >= 0.6 is 0 Å². The van der Waals surface area contributed by atoms with Gasteiger partial charge in [-0.1, -0.05) is 19.9 Å². The fourth-order valence-corrected chi connectivity index (χ4v) is 3.24. The molecule has 3 rings (SSSR count). The van der Waals surface area contributed by atoms with Crippen LogP contribution in [0.15, 0.2) is 18.2 Å². The summed E-state index contributed by atoms with van der Waals surface area (Å²) in [4.78, 5) is 0. The molecule has 1 aromatic rings. The van der Waals surface area contributed by atoms with Crippen molar-refractivity contribution in [2.75, 3.05) is 5.73 Å². The van der Waals surface area contributed by atoms with Crippen LogP contribution < -0.4 is 11.1 Å². The number of nitrogen functional groups attached to an aromatic ring is 1. The molecule has 18 heavy (non-hydrogen) atoms. The molecule has 0 spiro atoms. The molecule has 2 aliphatic rings. The first kappa shape index (κ1) is 12.0. The van der Waals surface area contributed by atoms with Crippen LogP contribution in [0.25, 0.3) is 0 Å². The smallest absolute Gasteiger partial charge is 0.0621 e. The number of aliphatic hydroxyl groups is 1. The van der Waals surface area contributed by atoms with Crippen LogP contribution in [0.5, 0.6) is 0 Å². The highest BCUT2D eigenvalue weighted by atomic mass is 16.3. The summed E-state index contributed by atoms with van der Waals surface area (Å²) < 4.78 is 0. The predicted molar refractivity (Wildman–Crippen MR) is 73.2 cm³/mol. The van der Waals surface area contributed by atoms with Crippen molar-refractivity contribution in [3.05, 3.63) is 29.3 Å². The second-order valence-corrected chi connectivity index (χ2v) is 6.34. The van der Waals surface area contributed by atoms with Gasteiger partial charge < -0.3 is 16.2 Å². The lowest BCUT2D eigenvalue weighted by atomic mass is 9.64. The molecule has 0 heterocycles. The number of nitrogens with two attached hydrogens (primary N) is 1. The Morgan fingerprint density at radius 2 is 2.17 bits per heavy atom. The topological polar surface area (TPSA) is 58.3 Å². The van der Waals surface area contributed by atoms with Crippen molar-refractivity contribution >= 4 is 5.69 Å². The number of fused-ring (bicyclic) bond motifs is 1. The summed E-state index contributed by atoms with van der Waals surface area (Å²) in [5.41, 5.74) is 9.44. The summed E-state index contributed by atoms with van der Waals surface area (Å²) in [6, 6.07) is 7.08. The van der Waals surface area contributed by atoms with Gasteiger partial charge in [0.15, 0.2) is 0 Å². The molecule has 0 bridgehead atoms. The summed E-state index contributed by atoms with van der Waals surface area (Å²) in [6.07, 6.45) is 2.95. The Morgan fingerprint density at radius 3 is 2.83 bits per heavy atom. The maximum atomic E-state index is 9.80. The van der Waals surface area contributed by atoms with E-state index in [1.54, 1.807) is 0 Å². The summed E-state index contributed by atoms with van der Waals surface area (Å²) in [7, 11) is 0. The Kier molecular flexibility index (Phi) is 2.65. The summed E-state index contributed by atoms with van der Waals surface area (Å²) in [5, 5.41) is 13.5. The third kappa shape index (κ3) is 1.73. The molecule has 1 aromatic carbocycles. The molecule has 0 aliphatic heterocycles. The van der Waals surface area contributed by atoms with Crippen molar-refractivity contribution in [2.24, 2.45) is 5.41 Å². The first-order valence-electron chi connectivity index (χ1n) is 6.81. The van der Waals surface area contributed by atoms with Crippen LogP contribution in [0, 0.1) is 5.41 Å². The second kappa shape index (κ2) is 3.97. The third-order valence-electron chi connectivity index (χ3n) is 4.86. The molecule has 0 saturated heterocycles. The van der Waals surface area contributed by atoms with Crippen molar-refractivity contribution in [2.45, 2.75) is 51.3 Å². The van der Waals surface area contributed by atoms with E-state index < -0.39 is 0 Å². The normalized spacial score (nSPS) is 32.9. The monoisotopic (exact) mass is 246 g/mol. The number of anilines is 1. The molecule has 3 unspecified atom stereocenters. The van der Waals surface area contributed by atoms with E-state index in [1.807, 2.05) is 6.07 Å². The molecular weight excluding hydrogens is 224 g/mol. The van der Waals surface area contributed by atoms with Gasteiger partial charge in [0.05, 0.1) is 6.10 Å². The highest BCUT2D eigenvalue weighted by Crippen LogP contribution is 2.43. The number of aryl methyl sites for hydroxylation is 1. The molecule has 1 fully saturated rings. The van der Waals surface area contributed by atoms with Gasteiger partial charge in [0.25, 0.3) is 0 Å². The SMILES string of the molecule is CC1(C)C(O)CC1NC1CCc2cc(N)ccc21. The van der Waals surface area contributed by atoms with Crippen molar-refractivity contribution in [3.63, 3.8) is 0 Å². The summed E-state index contributed by atoms with van der Waals surface area (Å²) in [6.45, 7) is 4.27. The fourth-order valence-electron chi connectivity index (χ4n) is 3.24. The third-order valence-corrected chi connectivity index (χ3v) is 4.86. The molecule has 0 radical (unpaired) electrons. The van der Waals surface area contributed by atoms with Gasteiger partial charge in [-0.25, -0.2) is 0 Å². The van der Waals surface area contributed by atoms with Gasteiger partial charge >= 0.3 is 0 Å². The lowest BCUT2D eigenvalue weighted by Crippen LogP contribution is -2.60. The van der Waals surface area contributed by atoms with E-state index >= 15 is 0 Å². The molecule has 1 saturated carbocycles. The average Bonchev–Trinajstić information content (AvgIpc) is 2.71. The first-order chi connectivity index (χ1) is 8.48. The number of rotatable bonds is 2. The fraction of sp³-hybridized carbons (Fsp3) is 0.600. The van der Waals surface area contributed by atoms with Crippen molar-refractivity contribution < 1.29 is 5.11 Å². The van der Waals surface area contributed by atoms with Gasteiger partial charge in [0.1, 0.15) is 0 Å². The van der Waals surface area contributed by atoms with Gasteiger partial charge in [0.2, 0.25) is 0 Å². The molecule has 98 valence electrons. The zero-order valence-electron chi connectivity index (χ0n) is 11.1. The van der Waals surface area contributed by atoms with E-state index in [1.165, 1.54) is 11.1 Å². The Balaban J connectivity index is 1.74. The van der Waals surface area contributed by atoms with Crippen LogP contribution in [0.1, 0.15) is 43.9 Å². The summed E-state index contributed by atoms with van der Waals surface area (Å²) in [5.74, 6) is 0. The molecule has 0 aromatic heterocycles. The number of nitrogens with one attached hydrogen (secondary N) is 1. The largest absolute Gasteiger partial charge is 0.399 e. The Morgan fingerprint density at radius 1 is 1.39 bits per heavy atom. The van der Waals surface area contributed by atoms with Crippen molar-refractivity contribution in [1.29, 1.82) is 0 Å². The van der Waals surface area contributed by atoms with Crippen LogP contribution in [-0.2, 0) is 6.42 Å². The van der Waals surface area contributed by atoms with Gasteiger partial charge in [-0.05, 0) is 42.5 Å². The van der Waals surface area contributed by atoms with Gasteiger partial charge in [0, 0.05) is 23.2 Å². The van der Waals surface area contributed by atoms with Crippen LogP contribution in [0.4, 0.5) is 5.69 Å². The minimum absolute atomic E-state index is 0.00341. The van der Waals surface area contributed by atoms with Crippen LogP contribution in [0.3, 0.4) is 0 Å². The van der Waals surface area contributed by atoms with E-state index in [0.29, 0.717) is 12.1 Å². The van der Waals surface area contributed by atoms with E-state index in [0.717, 1.165) is 24.9 Å². The van der Waals surface area contributed by atoms with Gasteiger partial charge in [-0.3, -0.25) is 0 Å². The number of hydrogen-bond donors (Lipinski definition) is 3. The van der Waals surface area contributed by atoms with Crippen molar-refractivity contribution in [3.8, 4) is 0 Å². The van der Waals surface area contributed by atoms with Crippen LogP contribution in [-0.4, -0.2) is 17.3 Å². The lowest BCUT2D eigenvalue weighted by molar-refractivity contribution is -0.0760. The molecule has 0 amide bonds. The molecule has 4 N–H and O–H groups in total. The summed E-state index contributed by atoms with van der Waals surface area (Å²) >= 11 is 0. The quantitative estimate of drug-likeness (QED) is 0.700. The van der Waals surface area contributed by atoms with Gasteiger partial charge in [-0.2, -0.15) is 0 Å². The molecule has 2 aliphatic carbocycles. The second-order valence-electron chi connectivity index (χ2n) is 6.34. The Bertz CT molecular complexity index is 470. The highest BCUT2D eigenvalue weighted by molar-refractivity contribution is 5.47. The maximum Gasteiger partial charge on any atom is 0.0621 e. The number of hydrogen-bond acceptors (Lipinski definition) is 3. The van der Waals surface area contributed by atoms with E-state index in [2.05, 4.69) is 31.3 Å². The maximum absolute atomic E-state index is 9.80. The average molecular weight is 246 g/mol. The van der Waals surface area contributed by atoms with E-state index in [9.17, 15) is 5.11 Å². The predicted octanol–water partition coefficient (Wildman–Crippen LogP) is 2.01. The minimum Gasteiger partial charge on any atom is -0.399 e. The van der Waals surface area contributed by atoms with Crippen LogP contribution in [0.2, 0.25) is 0 Å². The highest BCUT2D eigenvalue weighted by Gasteiger charge is 2.48. The van der Waals surface area contributed by atoms with Crippen molar-refractivity contribution in [1.82, 2.24) is 5.32 Å². The molecule has 3 heteroatoms. The van der Waals surface area contributed by atoms with Gasteiger partial charge in [-0.15, -0.1) is 0 Å². The minimum atomic E-state index is -0.165. The number of aliphatic hydroxyl groups excluding tert-OH is 1. The van der Waals surface area contributed by atoms with E-state index in [4.69, 9.17) is 5.73 Å². The Hall–Kier alpha value is -1.06.